The van der Waals surface area contributed by atoms with E-state index in [4.69, 9.17) is 0 Å². The van der Waals surface area contributed by atoms with Gasteiger partial charge in [-0.1, -0.05) is 27.7 Å². The third-order valence-electron chi connectivity index (χ3n) is 1.41. The van der Waals surface area contributed by atoms with Gasteiger partial charge in [0.25, 0.3) is 0 Å². The van der Waals surface area contributed by atoms with Crippen molar-refractivity contribution in [3.8, 4) is 0 Å². The molecule has 0 saturated heterocycles. The smallest absolute Gasteiger partial charge is 0.00506 e. The lowest BCUT2D eigenvalue weighted by atomic mass is 10.1. The molecule has 1 aromatic rings. The van der Waals surface area contributed by atoms with Crippen LogP contribution >= 0.6 is 11.3 Å². The lowest BCUT2D eigenvalue weighted by Gasteiger charge is -1.98. The summed E-state index contributed by atoms with van der Waals surface area (Å²) in [6.45, 7) is 10.7. The first kappa shape index (κ1) is 11.7. The van der Waals surface area contributed by atoms with Crippen LogP contribution in [0.15, 0.2) is 12.1 Å². The molecule has 0 fully saturated rings. The van der Waals surface area contributed by atoms with E-state index in [2.05, 4.69) is 32.9 Å². The van der Waals surface area contributed by atoms with Crippen molar-refractivity contribution in [2.75, 3.05) is 0 Å². The van der Waals surface area contributed by atoms with Gasteiger partial charge in [-0.25, -0.2) is 0 Å². The highest BCUT2D eigenvalue weighted by Crippen LogP contribution is 2.18. The summed E-state index contributed by atoms with van der Waals surface area (Å²) < 4.78 is 0. The highest BCUT2D eigenvalue weighted by atomic mass is 32.1. The van der Waals surface area contributed by atoms with Crippen molar-refractivity contribution in [1.29, 1.82) is 0 Å². The van der Waals surface area contributed by atoms with Crippen LogP contribution in [-0.4, -0.2) is 0 Å². The van der Waals surface area contributed by atoms with E-state index in [0.717, 1.165) is 5.92 Å². The first-order valence-corrected chi connectivity index (χ1v) is 5.55. The Morgan fingerprint density at radius 1 is 1.25 bits per heavy atom. The number of thiophene rings is 1. The van der Waals surface area contributed by atoms with Crippen molar-refractivity contribution < 1.29 is 0 Å². The van der Waals surface area contributed by atoms with Crippen LogP contribution in [0, 0.1) is 12.8 Å². The minimum atomic E-state index is 0.790. The topological polar surface area (TPSA) is 0 Å². The fourth-order valence-corrected chi connectivity index (χ4v) is 2.10. The zero-order chi connectivity index (χ0) is 9.56. The molecule has 0 aliphatic heterocycles. The molecule has 0 saturated carbocycles. The van der Waals surface area contributed by atoms with Gasteiger partial charge in [0.05, 0.1) is 0 Å². The zero-order valence-electron chi connectivity index (χ0n) is 8.85. The summed E-state index contributed by atoms with van der Waals surface area (Å²) in [6.07, 6.45) is 1.23. The van der Waals surface area contributed by atoms with Gasteiger partial charge in [0.2, 0.25) is 0 Å². The first-order valence-electron chi connectivity index (χ1n) is 4.74. The van der Waals surface area contributed by atoms with Crippen molar-refractivity contribution in [2.24, 2.45) is 5.92 Å². The number of rotatable bonds is 2. The predicted molar refractivity (Wildman–Crippen MR) is 58.9 cm³/mol. The summed E-state index contributed by atoms with van der Waals surface area (Å²) >= 11 is 1.92. The Bertz CT molecular complexity index is 199. The van der Waals surface area contributed by atoms with E-state index in [1.165, 1.54) is 16.2 Å². The lowest BCUT2D eigenvalue weighted by molar-refractivity contribution is 0.654. The van der Waals surface area contributed by atoms with Crippen molar-refractivity contribution in [1.82, 2.24) is 0 Å². The van der Waals surface area contributed by atoms with Crippen molar-refractivity contribution >= 4 is 11.3 Å². The van der Waals surface area contributed by atoms with Crippen LogP contribution in [0.2, 0.25) is 0 Å². The molecule has 12 heavy (non-hydrogen) atoms. The Kier molecular flexibility index (Phi) is 6.09. The van der Waals surface area contributed by atoms with Gasteiger partial charge in [-0.3, -0.25) is 0 Å². The second-order valence-corrected chi connectivity index (χ2v) is 4.48. The fourth-order valence-electron chi connectivity index (χ4n) is 0.997. The Balaban J connectivity index is 0.000000561. The van der Waals surface area contributed by atoms with E-state index >= 15 is 0 Å². The molecule has 0 bridgehead atoms. The van der Waals surface area contributed by atoms with Gasteiger partial charge in [-0.2, -0.15) is 0 Å². The van der Waals surface area contributed by atoms with Crippen molar-refractivity contribution in [3.05, 3.63) is 21.9 Å². The number of hydrogen-bond acceptors (Lipinski definition) is 1. The van der Waals surface area contributed by atoms with Gasteiger partial charge >= 0.3 is 0 Å². The average molecular weight is 184 g/mol. The number of hydrogen-bond donors (Lipinski definition) is 0. The summed E-state index contributed by atoms with van der Waals surface area (Å²) in [5.74, 6) is 0.790. The van der Waals surface area contributed by atoms with Crippen molar-refractivity contribution in [3.63, 3.8) is 0 Å². The summed E-state index contributed by atoms with van der Waals surface area (Å²) in [7, 11) is 0. The van der Waals surface area contributed by atoms with Crippen LogP contribution < -0.4 is 0 Å². The summed E-state index contributed by atoms with van der Waals surface area (Å²) in [6, 6.07) is 4.43. The molecule has 1 heteroatoms. The molecule has 0 atom stereocenters. The quantitative estimate of drug-likeness (QED) is 0.643. The van der Waals surface area contributed by atoms with Gasteiger partial charge in [0.15, 0.2) is 0 Å². The molecular formula is C11H20S. The molecule has 0 unspecified atom stereocenters. The molecule has 0 amide bonds. The minimum Gasteiger partial charge on any atom is -0.146 e. The highest BCUT2D eigenvalue weighted by Gasteiger charge is 1.98. The maximum absolute atomic E-state index is 2.26. The Labute approximate surface area is 80.6 Å². The van der Waals surface area contributed by atoms with Crippen LogP contribution in [0.4, 0.5) is 0 Å². The van der Waals surface area contributed by atoms with Crippen molar-refractivity contribution in [2.45, 2.75) is 41.0 Å². The third kappa shape index (κ3) is 4.55. The average Bonchev–Trinajstić information content (AvgIpc) is 2.39. The van der Waals surface area contributed by atoms with Gasteiger partial charge in [-0.05, 0) is 31.4 Å². The second kappa shape index (κ2) is 6.24. The Morgan fingerprint density at radius 2 is 1.83 bits per heavy atom. The summed E-state index contributed by atoms with van der Waals surface area (Å²) in [5.41, 5.74) is 0. The lowest BCUT2D eigenvalue weighted by Crippen LogP contribution is -1.89. The minimum absolute atomic E-state index is 0.790. The van der Waals surface area contributed by atoms with Crippen LogP contribution in [0.5, 0.6) is 0 Å². The second-order valence-electron chi connectivity index (χ2n) is 3.11. The van der Waals surface area contributed by atoms with E-state index in [1.807, 2.05) is 25.2 Å². The zero-order valence-corrected chi connectivity index (χ0v) is 9.66. The van der Waals surface area contributed by atoms with Crippen LogP contribution in [0.25, 0.3) is 0 Å². The molecule has 0 aliphatic rings. The van der Waals surface area contributed by atoms with Gasteiger partial charge in [0.1, 0.15) is 0 Å². The molecule has 0 spiro atoms. The van der Waals surface area contributed by atoms with E-state index in [9.17, 15) is 0 Å². The van der Waals surface area contributed by atoms with Crippen LogP contribution in [-0.2, 0) is 6.42 Å². The molecule has 0 aromatic carbocycles. The first-order chi connectivity index (χ1) is 5.68. The Hall–Kier alpha value is -0.300. The standard InChI is InChI=1S/C9H14S.C2H6/c1-7(2)6-9-5-4-8(3)10-9;1-2/h4-5,7H,6H2,1-3H3;1-2H3. The van der Waals surface area contributed by atoms with Gasteiger partial charge < -0.3 is 0 Å². The molecule has 1 rings (SSSR count). The predicted octanol–water partition coefficient (Wildman–Crippen LogP) is 4.28. The van der Waals surface area contributed by atoms with E-state index in [1.54, 1.807) is 0 Å². The molecular weight excluding hydrogens is 164 g/mol. The number of aryl methyl sites for hydroxylation is 1. The SMILES string of the molecule is CC.Cc1ccc(CC(C)C)s1. The molecule has 1 heterocycles. The van der Waals surface area contributed by atoms with E-state index in [-0.39, 0.29) is 0 Å². The highest BCUT2D eigenvalue weighted by molar-refractivity contribution is 7.11. The monoisotopic (exact) mass is 184 g/mol. The summed E-state index contributed by atoms with van der Waals surface area (Å²) in [4.78, 5) is 2.95. The fraction of sp³-hybridized carbons (Fsp3) is 0.636. The largest absolute Gasteiger partial charge is 0.146 e. The van der Waals surface area contributed by atoms with Gasteiger partial charge in [0, 0.05) is 9.75 Å². The molecule has 1 aromatic heterocycles. The van der Waals surface area contributed by atoms with Crippen LogP contribution in [0.1, 0.15) is 37.4 Å². The normalized spacial score (nSPS) is 9.50. The van der Waals surface area contributed by atoms with Crippen LogP contribution in [0.3, 0.4) is 0 Å². The molecule has 70 valence electrons. The summed E-state index contributed by atoms with van der Waals surface area (Å²) in [5, 5.41) is 0. The molecule has 0 N–H and O–H groups in total. The maximum atomic E-state index is 2.26. The Morgan fingerprint density at radius 3 is 2.17 bits per heavy atom. The third-order valence-corrected chi connectivity index (χ3v) is 2.43. The van der Waals surface area contributed by atoms with E-state index < -0.39 is 0 Å². The molecule has 0 aliphatic carbocycles. The molecule has 0 nitrogen and oxygen atoms in total. The molecule has 0 radical (unpaired) electrons. The van der Waals surface area contributed by atoms with Gasteiger partial charge in [-0.15, -0.1) is 11.3 Å². The van der Waals surface area contributed by atoms with E-state index in [0.29, 0.717) is 0 Å². The maximum Gasteiger partial charge on any atom is 0.00506 e.